The number of amides is 2. The monoisotopic (exact) mass is 463 g/mol. The van der Waals surface area contributed by atoms with Crippen LogP contribution in [0, 0.1) is 6.92 Å². The standard InChI is InChI=1S/C20H19Cl2N5O2S/c1-12-15(22)4-3-5-16(12)24-19(29)11-30-20-26-25-17(27(20)2)10-18(28)23-14-8-6-13(21)7-9-14/h3-9H,10-11H2,1-2H3,(H,23,28)(H,24,29). The summed E-state index contributed by atoms with van der Waals surface area (Å²) >= 11 is 13.2. The van der Waals surface area contributed by atoms with Crippen LogP contribution in [0.4, 0.5) is 11.4 Å². The van der Waals surface area contributed by atoms with Crippen LogP contribution in [-0.2, 0) is 23.1 Å². The molecule has 7 nitrogen and oxygen atoms in total. The van der Waals surface area contributed by atoms with Crippen LogP contribution in [0.5, 0.6) is 0 Å². The maximum atomic E-state index is 12.3. The minimum atomic E-state index is -0.224. The second-order valence-electron chi connectivity index (χ2n) is 6.44. The van der Waals surface area contributed by atoms with E-state index in [0.717, 1.165) is 5.56 Å². The minimum absolute atomic E-state index is 0.0561. The maximum Gasteiger partial charge on any atom is 0.234 e. The highest BCUT2D eigenvalue weighted by atomic mass is 35.5. The number of benzene rings is 2. The molecule has 30 heavy (non-hydrogen) atoms. The van der Waals surface area contributed by atoms with Crippen LogP contribution in [0.3, 0.4) is 0 Å². The molecule has 2 amide bonds. The Bertz CT molecular complexity index is 1070. The molecule has 10 heteroatoms. The Morgan fingerprint density at radius 2 is 1.77 bits per heavy atom. The van der Waals surface area contributed by atoms with Crippen molar-refractivity contribution in [3.63, 3.8) is 0 Å². The zero-order valence-corrected chi connectivity index (χ0v) is 18.6. The molecule has 0 unspecified atom stereocenters. The van der Waals surface area contributed by atoms with Crippen molar-refractivity contribution in [2.45, 2.75) is 18.5 Å². The van der Waals surface area contributed by atoms with E-state index in [1.807, 2.05) is 6.92 Å². The Labute approximate surface area is 188 Å². The van der Waals surface area contributed by atoms with Gasteiger partial charge in [0.2, 0.25) is 11.8 Å². The van der Waals surface area contributed by atoms with Gasteiger partial charge in [0.25, 0.3) is 0 Å². The van der Waals surface area contributed by atoms with Crippen LogP contribution >= 0.6 is 35.0 Å². The number of anilines is 2. The number of nitrogens with zero attached hydrogens (tertiary/aromatic N) is 3. The predicted octanol–water partition coefficient (Wildman–Crippen LogP) is 4.34. The van der Waals surface area contributed by atoms with Crippen LogP contribution in [0.1, 0.15) is 11.4 Å². The molecule has 0 aliphatic carbocycles. The number of aromatic nitrogens is 3. The quantitative estimate of drug-likeness (QED) is 0.508. The van der Waals surface area contributed by atoms with Gasteiger partial charge < -0.3 is 15.2 Å². The summed E-state index contributed by atoms with van der Waals surface area (Å²) in [5.74, 6) is 0.235. The third-order valence-corrected chi connectivity index (χ3v) is 5.93. The Balaban J connectivity index is 1.54. The lowest BCUT2D eigenvalue weighted by Crippen LogP contribution is -2.17. The summed E-state index contributed by atoms with van der Waals surface area (Å²) in [5.41, 5.74) is 2.13. The Hall–Kier alpha value is -2.55. The first-order valence-electron chi connectivity index (χ1n) is 8.95. The number of carbonyl (C=O) groups is 2. The van der Waals surface area contributed by atoms with E-state index in [2.05, 4.69) is 20.8 Å². The minimum Gasteiger partial charge on any atom is -0.326 e. The molecule has 2 N–H and O–H groups in total. The molecule has 0 bridgehead atoms. The fraction of sp³-hybridized carbons (Fsp3) is 0.200. The zero-order valence-electron chi connectivity index (χ0n) is 16.3. The van der Waals surface area contributed by atoms with Crippen molar-refractivity contribution >= 4 is 58.2 Å². The number of hydrogen-bond donors (Lipinski definition) is 2. The molecule has 0 radical (unpaired) electrons. The van der Waals surface area contributed by atoms with Crippen molar-refractivity contribution in [2.75, 3.05) is 16.4 Å². The summed E-state index contributed by atoms with van der Waals surface area (Å²) in [6.07, 6.45) is 0.0561. The molecule has 0 saturated carbocycles. The van der Waals surface area contributed by atoms with Crippen LogP contribution in [0.15, 0.2) is 47.6 Å². The van der Waals surface area contributed by atoms with Crippen LogP contribution in [-0.4, -0.2) is 32.3 Å². The molecule has 0 fully saturated rings. The van der Waals surface area contributed by atoms with E-state index in [-0.39, 0.29) is 24.0 Å². The van der Waals surface area contributed by atoms with Gasteiger partial charge in [-0.15, -0.1) is 10.2 Å². The second-order valence-corrected chi connectivity index (χ2v) is 8.23. The number of halogens is 2. The van der Waals surface area contributed by atoms with Crippen LogP contribution < -0.4 is 10.6 Å². The molecule has 1 aromatic heterocycles. The van der Waals surface area contributed by atoms with Crippen LogP contribution in [0.2, 0.25) is 10.0 Å². The molecule has 0 aliphatic rings. The van der Waals surface area contributed by atoms with Gasteiger partial charge in [-0.1, -0.05) is 41.0 Å². The highest BCUT2D eigenvalue weighted by Crippen LogP contribution is 2.24. The van der Waals surface area contributed by atoms with E-state index in [4.69, 9.17) is 23.2 Å². The van der Waals surface area contributed by atoms with E-state index in [0.29, 0.717) is 32.4 Å². The molecule has 2 aromatic carbocycles. The van der Waals surface area contributed by atoms with Gasteiger partial charge in [0.05, 0.1) is 12.2 Å². The van der Waals surface area contributed by atoms with E-state index in [1.54, 1.807) is 54.1 Å². The molecule has 1 heterocycles. The summed E-state index contributed by atoms with van der Waals surface area (Å²) in [6, 6.07) is 12.2. The molecule has 156 valence electrons. The van der Waals surface area contributed by atoms with E-state index >= 15 is 0 Å². The average Bonchev–Trinajstić information content (AvgIpc) is 3.05. The number of thioether (sulfide) groups is 1. The van der Waals surface area contributed by atoms with E-state index < -0.39 is 0 Å². The highest BCUT2D eigenvalue weighted by Gasteiger charge is 2.15. The van der Waals surface area contributed by atoms with Gasteiger partial charge in [0.1, 0.15) is 5.82 Å². The molecular formula is C20H19Cl2N5O2S. The summed E-state index contributed by atoms with van der Waals surface area (Å²) in [6.45, 7) is 1.84. The predicted molar refractivity (Wildman–Crippen MR) is 120 cm³/mol. The topological polar surface area (TPSA) is 88.9 Å². The molecular weight excluding hydrogens is 445 g/mol. The van der Waals surface area contributed by atoms with Crippen molar-refractivity contribution in [2.24, 2.45) is 7.05 Å². The van der Waals surface area contributed by atoms with Gasteiger partial charge in [-0.3, -0.25) is 9.59 Å². The summed E-state index contributed by atoms with van der Waals surface area (Å²) in [4.78, 5) is 24.5. The molecule has 0 spiro atoms. The smallest absolute Gasteiger partial charge is 0.234 e. The van der Waals surface area contributed by atoms with Crippen molar-refractivity contribution in [1.29, 1.82) is 0 Å². The maximum absolute atomic E-state index is 12.3. The van der Waals surface area contributed by atoms with Gasteiger partial charge in [0.15, 0.2) is 5.16 Å². The summed E-state index contributed by atoms with van der Waals surface area (Å²) in [5, 5.41) is 15.5. The van der Waals surface area contributed by atoms with Crippen molar-refractivity contribution in [1.82, 2.24) is 14.8 Å². The molecule has 3 rings (SSSR count). The lowest BCUT2D eigenvalue weighted by atomic mass is 10.2. The van der Waals surface area contributed by atoms with Gasteiger partial charge in [-0.05, 0) is 48.9 Å². The molecule has 0 aliphatic heterocycles. The number of nitrogens with one attached hydrogen (secondary N) is 2. The lowest BCUT2D eigenvalue weighted by Gasteiger charge is -2.09. The molecule has 0 atom stereocenters. The Kier molecular flexibility index (Phi) is 7.36. The Morgan fingerprint density at radius 1 is 1.03 bits per heavy atom. The average molecular weight is 464 g/mol. The van der Waals surface area contributed by atoms with Gasteiger partial charge in [-0.25, -0.2) is 0 Å². The SMILES string of the molecule is Cc1c(Cl)cccc1NC(=O)CSc1nnc(CC(=O)Nc2ccc(Cl)cc2)n1C. The van der Waals surface area contributed by atoms with Crippen molar-refractivity contribution in [3.8, 4) is 0 Å². The highest BCUT2D eigenvalue weighted by molar-refractivity contribution is 7.99. The third kappa shape index (κ3) is 5.75. The normalized spacial score (nSPS) is 10.7. The number of hydrogen-bond acceptors (Lipinski definition) is 5. The van der Waals surface area contributed by atoms with E-state index in [1.165, 1.54) is 11.8 Å². The number of carbonyl (C=O) groups excluding carboxylic acids is 2. The van der Waals surface area contributed by atoms with Gasteiger partial charge >= 0.3 is 0 Å². The fourth-order valence-electron chi connectivity index (χ4n) is 2.57. The first-order chi connectivity index (χ1) is 14.3. The first kappa shape index (κ1) is 22.1. The lowest BCUT2D eigenvalue weighted by molar-refractivity contribution is -0.116. The molecule has 3 aromatic rings. The number of rotatable bonds is 7. The summed E-state index contributed by atoms with van der Waals surface area (Å²) in [7, 11) is 1.76. The largest absolute Gasteiger partial charge is 0.326 e. The first-order valence-corrected chi connectivity index (χ1v) is 10.7. The third-order valence-electron chi connectivity index (χ3n) is 4.25. The van der Waals surface area contributed by atoms with Gasteiger partial charge in [-0.2, -0.15) is 0 Å². The fourth-order valence-corrected chi connectivity index (χ4v) is 3.60. The van der Waals surface area contributed by atoms with Crippen molar-refractivity contribution in [3.05, 3.63) is 63.9 Å². The van der Waals surface area contributed by atoms with E-state index in [9.17, 15) is 9.59 Å². The zero-order chi connectivity index (χ0) is 21.7. The second kappa shape index (κ2) is 9.97. The van der Waals surface area contributed by atoms with Crippen molar-refractivity contribution < 1.29 is 9.59 Å². The van der Waals surface area contributed by atoms with Crippen LogP contribution in [0.25, 0.3) is 0 Å². The van der Waals surface area contributed by atoms with Gasteiger partial charge in [0, 0.05) is 28.5 Å². The summed E-state index contributed by atoms with van der Waals surface area (Å²) < 4.78 is 1.70. The molecule has 0 saturated heterocycles. The Morgan fingerprint density at radius 3 is 2.50 bits per heavy atom.